The molecule has 0 N–H and O–H groups in total. The first-order valence-electron chi connectivity index (χ1n) is 3.57. The largest absolute Gasteiger partial charge is 0.302 e. The molecule has 6 nitrogen and oxygen atoms in total. The zero-order valence-electron chi connectivity index (χ0n) is 7.13. The first-order valence-corrected chi connectivity index (χ1v) is 4.97. The van der Waals surface area contributed by atoms with Crippen LogP contribution in [0.25, 0.3) is 10.4 Å². The Kier molecular flexibility index (Phi) is 4.65. The van der Waals surface area contributed by atoms with E-state index in [4.69, 9.17) is 5.53 Å². The molecular formula is C5H12N4O2S. The van der Waals surface area contributed by atoms with Crippen LogP contribution in [0.2, 0.25) is 0 Å². The summed E-state index contributed by atoms with van der Waals surface area (Å²) in [5.41, 5.74) is 7.93. The standard InChI is InChI=1S/C5H12N4O2S/c1-3-4-5-9(2)12(10,11)8-7-6/h3-5H2,1-2H3. The maximum Gasteiger partial charge on any atom is 0.302 e. The van der Waals surface area contributed by atoms with Gasteiger partial charge in [0.25, 0.3) is 0 Å². The van der Waals surface area contributed by atoms with Gasteiger partial charge in [-0.05, 0) is 12.0 Å². The number of unbranched alkanes of at least 4 members (excludes halogenated alkanes) is 1. The van der Waals surface area contributed by atoms with Crippen LogP contribution in [0.1, 0.15) is 19.8 Å². The highest BCUT2D eigenvalue weighted by Crippen LogP contribution is 2.01. The lowest BCUT2D eigenvalue weighted by atomic mass is 10.3. The van der Waals surface area contributed by atoms with E-state index < -0.39 is 10.2 Å². The first-order chi connectivity index (χ1) is 5.54. The molecule has 70 valence electrons. The smallest absolute Gasteiger partial charge is 0.204 e. The minimum absolute atomic E-state index is 0.387. The van der Waals surface area contributed by atoms with Crippen LogP contribution >= 0.6 is 0 Å². The van der Waals surface area contributed by atoms with E-state index in [9.17, 15) is 8.42 Å². The van der Waals surface area contributed by atoms with E-state index in [1.807, 2.05) is 6.92 Å². The molecule has 0 aliphatic rings. The number of hydrogen-bond donors (Lipinski definition) is 0. The van der Waals surface area contributed by atoms with Crippen molar-refractivity contribution in [1.29, 1.82) is 0 Å². The molecule has 0 aromatic heterocycles. The molecule has 0 fully saturated rings. The average molecular weight is 192 g/mol. The average Bonchev–Trinajstić information content (AvgIpc) is 2.00. The molecule has 0 unspecified atom stereocenters. The van der Waals surface area contributed by atoms with Gasteiger partial charge in [0.15, 0.2) is 0 Å². The van der Waals surface area contributed by atoms with Crippen LogP contribution in [0.3, 0.4) is 0 Å². The van der Waals surface area contributed by atoms with Crippen molar-refractivity contribution in [2.24, 2.45) is 4.52 Å². The zero-order chi connectivity index (χ0) is 9.61. The Morgan fingerprint density at radius 3 is 2.58 bits per heavy atom. The number of nitrogens with zero attached hydrogens (tertiary/aromatic N) is 4. The van der Waals surface area contributed by atoms with Crippen molar-refractivity contribution in [3.8, 4) is 0 Å². The topological polar surface area (TPSA) is 86.1 Å². The van der Waals surface area contributed by atoms with Crippen molar-refractivity contribution in [3.63, 3.8) is 0 Å². The minimum Gasteiger partial charge on any atom is -0.204 e. The van der Waals surface area contributed by atoms with Crippen molar-refractivity contribution in [1.82, 2.24) is 4.31 Å². The second-order valence-corrected chi connectivity index (χ2v) is 4.01. The summed E-state index contributed by atoms with van der Waals surface area (Å²) in [5.74, 6) is 0. The Morgan fingerprint density at radius 1 is 1.58 bits per heavy atom. The predicted octanol–water partition coefficient (Wildman–Crippen LogP) is 1.27. The van der Waals surface area contributed by atoms with Gasteiger partial charge in [-0.2, -0.15) is 4.31 Å². The molecule has 0 aliphatic carbocycles. The molecule has 0 heterocycles. The van der Waals surface area contributed by atoms with Gasteiger partial charge in [-0.3, -0.25) is 0 Å². The molecule has 0 aliphatic heterocycles. The molecule has 0 spiro atoms. The number of azide groups is 1. The van der Waals surface area contributed by atoms with E-state index in [0.29, 0.717) is 6.54 Å². The molecule has 0 radical (unpaired) electrons. The third-order valence-electron chi connectivity index (χ3n) is 1.36. The van der Waals surface area contributed by atoms with Crippen molar-refractivity contribution in [3.05, 3.63) is 10.4 Å². The summed E-state index contributed by atoms with van der Waals surface area (Å²) in [6.07, 6.45) is 1.66. The van der Waals surface area contributed by atoms with Crippen LogP contribution in [0.15, 0.2) is 4.52 Å². The summed E-state index contributed by atoms with van der Waals surface area (Å²) in [4.78, 5) is 2.23. The van der Waals surface area contributed by atoms with Crippen LogP contribution in [-0.2, 0) is 10.2 Å². The van der Waals surface area contributed by atoms with Gasteiger partial charge in [0.2, 0.25) is 0 Å². The maximum atomic E-state index is 10.9. The summed E-state index contributed by atoms with van der Waals surface area (Å²) in [6, 6.07) is 0. The highest BCUT2D eigenvalue weighted by molar-refractivity contribution is 7.87. The molecule has 0 saturated heterocycles. The number of hydrogen-bond acceptors (Lipinski definition) is 2. The van der Waals surface area contributed by atoms with Gasteiger partial charge in [-0.1, -0.05) is 13.3 Å². The summed E-state index contributed by atoms with van der Waals surface area (Å²) in [7, 11) is -2.35. The quantitative estimate of drug-likeness (QED) is 0.373. The molecule has 12 heavy (non-hydrogen) atoms. The number of rotatable bonds is 5. The van der Waals surface area contributed by atoms with Gasteiger partial charge >= 0.3 is 10.2 Å². The summed E-state index contributed by atoms with van der Waals surface area (Å²) < 4.78 is 25.6. The van der Waals surface area contributed by atoms with Crippen LogP contribution in [-0.4, -0.2) is 26.3 Å². The highest BCUT2D eigenvalue weighted by atomic mass is 32.2. The maximum absolute atomic E-state index is 10.9. The molecular weight excluding hydrogens is 180 g/mol. The molecule has 0 aromatic carbocycles. The fourth-order valence-corrected chi connectivity index (χ4v) is 1.18. The SMILES string of the molecule is CCCCN(C)S(=O)(=O)N=[N+]=[N-]. The fourth-order valence-electron chi connectivity index (χ4n) is 0.605. The molecule has 0 bridgehead atoms. The lowest BCUT2D eigenvalue weighted by Crippen LogP contribution is -2.25. The zero-order valence-corrected chi connectivity index (χ0v) is 7.95. The summed E-state index contributed by atoms with van der Waals surface area (Å²) in [6.45, 7) is 2.34. The molecule has 0 aromatic rings. The van der Waals surface area contributed by atoms with E-state index in [1.165, 1.54) is 7.05 Å². The van der Waals surface area contributed by atoms with Crippen LogP contribution in [0, 0.1) is 0 Å². The fraction of sp³-hybridized carbons (Fsp3) is 1.00. The van der Waals surface area contributed by atoms with Gasteiger partial charge in [-0.15, -0.1) is 0 Å². The molecule has 7 heteroatoms. The predicted molar refractivity (Wildman–Crippen MR) is 45.6 cm³/mol. The monoisotopic (exact) mass is 192 g/mol. The third kappa shape index (κ3) is 3.56. The molecule has 0 saturated carbocycles. The van der Waals surface area contributed by atoms with Crippen molar-refractivity contribution < 1.29 is 8.42 Å². The molecule has 0 amide bonds. The lowest BCUT2D eigenvalue weighted by molar-refractivity contribution is 0.460. The Bertz CT molecular complexity index is 267. The van der Waals surface area contributed by atoms with Crippen LogP contribution < -0.4 is 0 Å². The molecule has 0 atom stereocenters. The minimum atomic E-state index is -3.74. The second kappa shape index (κ2) is 4.97. The normalized spacial score (nSPS) is 11.2. The first kappa shape index (κ1) is 11.2. The van der Waals surface area contributed by atoms with E-state index in [-0.39, 0.29) is 0 Å². The Morgan fingerprint density at radius 2 is 2.17 bits per heavy atom. The summed E-state index contributed by atoms with van der Waals surface area (Å²) in [5, 5.41) is 0. The van der Waals surface area contributed by atoms with Gasteiger partial charge in [0.05, 0.1) is 0 Å². The highest BCUT2D eigenvalue weighted by Gasteiger charge is 2.13. The van der Waals surface area contributed by atoms with Crippen molar-refractivity contribution in [2.45, 2.75) is 19.8 Å². The van der Waals surface area contributed by atoms with Crippen molar-refractivity contribution in [2.75, 3.05) is 13.6 Å². The van der Waals surface area contributed by atoms with Gasteiger partial charge in [-0.25, -0.2) is 8.42 Å². The van der Waals surface area contributed by atoms with E-state index >= 15 is 0 Å². The lowest BCUT2D eigenvalue weighted by Gasteiger charge is -2.11. The van der Waals surface area contributed by atoms with Crippen molar-refractivity contribution >= 4 is 10.2 Å². The second-order valence-electron chi connectivity index (χ2n) is 2.32. The third-order valence-corrected chi connectivity index (χ3v) is 2.61. The van der Waals surface area contributed by atoms with E-state index in [2.05, 4.69) is 9.43 Å². The van der Waals surface area contributed by atoms with Crippen LogP contribution in [0.4, 0.5) is 0 Å². The Hall–Kier alpha value is -0.780. The van der Waals surface area contributed by atoms with E-state index in [1.54, 1.807) is 0 Å². The van der Waals surface area contributed by atoms with Gasteiger partial charge in [0, 0.05) is 23.0 Å². The summed E-state index contributed by atoms with van der Waals surface area (Å²) >= 11 is 0. The Labute approximate surface area is 72.0 Å². The van der Waals surface area contributed by atoms with Gasteiger partial charge in [0.1, 0.15) is 0 Å². The Balaban J connectivity index is 4.26. The van der Waals surface area contributed by atoms with Crippen LogP contribution in [0.5, 0.6) is 0 Å². The van der Waals surface area contributed by atoms with Gasteiger partial charge < -0.3 is 0 Å². The molecule has 0 rings (SSSR count). The van der Waals surface area contributed by atoms with E-state index in [0.717, 1.165) is 17.1 Å².